The Hall–Kier alpha value is -5.00. The molecule has 6 atom stereocenters. The number of hydrogen-bond acceptors (Lipinski definition) is 8. The number of likely N-dealkylation sites (N-methyl/N-ethyl adjacent to an activating group) is 1. The largest absolute Gasteiger partial charge is 0.460 e. The van der Waals surface area contributed by atoms with Crippen LogP contribution in [0.5, 0.6) is 0 Å². The van der Waals surface area contributed by atoms with Crippen molar-refractivity contribution in [2.45, 2.75) is 122 Å². The summed E-state index contributed by atoms with van der Waals surface area (Å²) in [7, 11) is 0. The van der Waals surface area contributed by atoms with Crippen LogP contribution in [-0.2, 0) is 46.5 Å². The minimum Gasteiger partial charge on any atom is -0.460 e. The molecule has 1 saturated heterocycles. The first-order valence-corrected chi connectivity index (χ1v) is 19.3. The number of fused-ring (bicyclic) bond motifs is 1. The Morgan fingerprint density at radius 1 is 0.889 bits per heavy atom. The van der Waals surface area contributed by atoms with Gasteiger partial charge in [0.2, 0.25) is 17.7 Å². The maximum Gasteiger partial charge on any atom is 0.408 e. The molecular formula is C42H56N4O8. The lowest BCUT2D eigenvalue weighted by atomic mass is 9.84. The summed E-state index contributed by atoms with van der Waals surface area (Å²) in [5.74, 6) is -2.62. The number of alkyl carbamates (subject to hydrolysis) is 1. The molecule has 54 heavy (non-hydrogen) atoms. The first-order chi connectivity index (χ1) is 26.0. The number of likely N-dealkylation sites (tertiary alicyclic amines) is 1. The molecule has 2 fully saturated rings. The van der Waals surface area contributed by atoms with Gasteiger partial charge in [0, 0.05) is 31.0 Å². The second kappa shape index (κ2) is 21.0. The predicted octanol–water partition coefficient (Wildman–Crippen LogP) is 5.19. The van der Waals surface area contributed by atoms with Gasteiger partial charge in [0.1, 0.15) is 18.7 Å². The van der Waals surface area contributed by atoms with Gasteiger partial charge in [0.05, 0.1) is 12.1 Å². The van der Waals surface area contributed by atoms with Crippen molar-refractivity contribution in [2.24, 2.45) is 11.8 Å². The zero-order valence-electron chi connectivity index (χ0n) is 32.0. The number of Topliss-reactive ketones (excluding diaryl/α,β-unsaturated/α-hetero) is 1. The van der Waals surface area contributed by atoms with Crippen LogP contribution in [0.2, 0.25) is 0 Å². The van der Waals surface area contributed by atoms with E-state index in [1.165, 1.54) is 6.08 Å². The van der Waals surface area contributed by atoms with Crippen LogP contribution in [0.1, 0.15) is 90.2 Å². The predicted molar refractivity (Wildman–Crippen MR) is 204 cm³/mol. The molecular weight excluding hydrogens is 688 g/mol. The van der Waals surface area contributed by atoms with Gasteiger partial charge >= 0.3 is 12.1 Å². The minimum atomic E-state index is -1.01. The van der Waals surface area contributed by atoms with E-state index in [0.29, 0.717) is 13.0 Å². The zero-order valence-corrected chi connectivity index (χ0v) is 32.0. The number of nitrogens with one attached hydrogen (secondary N) is 3. The van der Waals surface area contributed by atoms with Gasteiger partial charge in [-0.3, -0.25) is 19.2 Å². The normalized spacial score (nSPS) is 19.6. The van der Waals surface area contributed by atoms with E-state index in [1.54, 1.807) is 31.7 Å². The first-order valence-electron chi connectivity index (χ1n) is 19.3. The third-order valence-corrected chi connectivity index (χ3v) is 10.0. The van der Waals surface area contributed by atoms with Gasteiger partial charge in [0.15, 0.2) is 5.78 Å². The molecule has 4 amide bonds. The van der Waals surface area contributed by atoms with Crippen LogP contribution in [0.15, 0.2) is 72.8 Å². The fourth-order valence-electron chi connectivity index (χ4n) is 7.38. The van der Waals surface area contributed by atoms with Crippen LogP contribution >= 0.6 is 0 Å². The molecule has 2 aliphatic rings. The standard InChI is InChI=1S/C42H56N4O8/c1-5-43-40(50)36-25-32-20-12-14-22-35(32)46(36)41(51)29(4)44-39(49)33(21-13-15-23-38(48)54-28(2)3)26-37(47)34(24-30-16-8-6-9-17-30)45-42(52)53-27-31-18-10-7-11-19-31/h6-11,15-19,23,28-29,32-36H,5,12-14,20-22,24-27H2,1-4H3,(H,43,50)(H,44,49)(H,45,52)/t29?,32?,33-,34+,35?,36?/m1/s1. The maximum absolute atomic E-state index is 14.1. The molecule has 12 heteroatoms. The summed E-state index contributed by atoms with van der Waals surface area (Å²) in [5, 5.41) is 8.43. The summed E-state index contributed by atoms with van der Waals surface area (Å²) in [4.78, 5) is 82.0. The molecule has 2 aromatic rings. The number of benzene rings is 2. The lowest BCUT2D eigenvalue weighted by molar-refractivity contribution is -0.144. The lowest BCUT2D eigenvalue weighted by Gasteiger charge is -2.35. The third-order valence-electron chi connectivity index (χ3n) is 10.0. The number of carbonyl (C=O) groups is 6. The first kappa shape index (κ1) is 41.8. The quantitative estimate of drug-likeness (QED) is 0.139. The molecule has 2 aromatic carbocycles. The molecule has 4 rings (SSSR count). The maximum atomic E-state index is 14.1. The summed E-state index contributed by atoms with van der Waals surface area (Å²) in [6.07, 6.45) is 6.56. The number of allylic oxidation sites excluding steroid dienone is 1. The third kappa shape index (κ3) is 12.6. The van der Waals surface area contributed by atoms with Gasteiger partial charge in [-0.1, -0.05) is 79.6 Å². The molecule has 0 radical (unpaired) electrons. The van der Waals surface area contributed by atoms with E-state index in [4.69, 9.17) is 9.47 Å². The average Bonchev–Trinajstić information content (AvgIpc) is 3.55. The topological polar surface area (TPSA) is 160 Å². The van der Waals surface area contributed by atoms with E-state index >= 15 is 0 Å². The van der Waals surface area contributed by atoms with Crippen LogP contribution in [0.4, 0.5) is 4.79 Å². The number of carbonyl (C=O) groups excluding carboxylic acids is 6. The number of amides is 4. The van der Waals surface area contributed by atoms with Crippen molar-refractivity contribution < 1.29 is 38.2 Å². The van der Waals surface area contributed by atoms with Crippen molar-refractivity contribution in [3.8, 4) is 0 Å². The Morgan fingerprint density at radius 2 is 1.56 bits per heavy atom. The Morgan fingerprint density at radius 3 is 2.22 bits per heavy atom. The van der Waals surface area contributed by atoms with Crippen LogP contribution in [0.3, 0.4) is 0 Å². The fraction of sp³-hybridized carbons (Fsp3) is 0.524. The molecule has 1 aliphatic heterocycles. The second-order valence-electron chi connectivity index (χ2n) is 14.5. The monoisotopic (exact) mass is 744 g/mol. The van der Waals surface area contributed by atoms with E-state index < -0.39 is 47.8 Å². The van der Waals surface area contributed by atoms with Crippen molar-refractivity contribution in [1.29, 1.82) is 0 Å². The van der Waals surface area contributed by atoms with Gasteiger partial charge in [0.25, 0.3) is 0 Å². The van der Waals surface area contributed by atoms with E-state index in [2.05, 4.69) is 16.0 Å². The highest BCUT2D eigenvalue weighted by Gasteiger charge is 2.48. The Bertz CT molecular complexity index is 1600. The van der Waals surface area contributed by atoms with Crippen molar-refractivity contribution in [1.82, 2.24) is 20.9 Å². The average molecular weight is 745 g/mol. The molecule has 0 bridgehead atoms. The Labute approximate surface area is 318 Å². The van der Waals surface area contributed by atoms with Crippen LogP contribution in [-0.4, -0.2) is 77.3 Å². The number of esters is 1. The van der Waals surface area contributed by atoms with Crippen molar-refractivity contribution in [2.75, 3.05) is 6.54 Å². The highest BCUT2D eigenvalue weighted by atomic mass is 16.5. The number of rotatable bonds is 18. The number of nitrogens with zero attached hydrogens (tertiary/aromatic N) is 1. The highest BCUT2D eigenvalue weighted by molar-refractivity contribution is 5.95. The number of ketones is 1. The number of hydrogen-bond donors (Lipinski definition) is 3. The summed E-state index contributed by atoms with van der Waals surface area (Å²) in [6.45, 7) is 7.39. The fourth-order valence-corrected chi connectivity index (χ4v) is 7.38. The molecule has 0 spiro atoms. The van der Waals surface area contributed by atoms with Gasteiger partial charge in [-0.25, -0.2) is 9.59 Å². The van der Waals surface area contributed by atoms with E-state index in [0.717, 1.165) is 36.8 Å². The smallest absolute Gasteiger partial charge is 0.408 e. The molecule has 1 saturated carbocycles. The van der Waals surface area contributed by atoms with Crippen molar-refractivity contribution in [3.63, 3.8) is 0 Å². The molecule has 1 heterocycles. The van der Waals surface area contributed by atoms with Gasteiger partial charge < -0.3 is 30.3 Å². The summed E-state index contributed by atoms with van der Waals surface area (Å²) < 4.78 is 10.6. The lowest BCUT2D eigenvalue weighted by Crippen LogP contribution is -2.56. The van der Waals surface area contributed by atoms with Gasteiger partial charge in [-0.05, 0) is 83.3 Å². The summed E-state index contributed by atoms with van der Waals surface area (Å²) in [5.41, 5.74) is 1.59. The molecule has 3 N–H and O–H groups in total. The van der Waals surface area contributed by atoms with E-state index in [9.17, 15) is 28.8 Å². The Kier molecular flexibility index (Phi) is 16.3. The van der Waals surface area contributed by atoms with Crippen LogP contribution in [0, 0.1) is 11.8 Å². The summed E-state index contributed by atoms with van der Waals surface area (Å²) >= 11 is 0. The van der Waals surface area contributed by atoms with Crippen molar-refractivity contribution in [3.05, 3.63) is 83.9 Å². The zero-order chi connectivity index (χ0) is 39.0. The SMILES string of the molecule is CCNC(=O)C1CC2CCCCC2N1C(=O)C(C)NC(=O)[C@H](CCC=CC(=O)OC(C)C)CC(=O)[C@H](Cc1ccccc1)NC(=O)OCc1ccccc1. The molecule has 1 aliphatic carbocycles. The highest BCUT2D eigenvalue weighted by Crippen LogP contribution is 2.40. The molecule has 292 valence electrons. The van der Waals surface area contributed by atoms with E-state index in [1.807, 2.05) is 67.6 Å². The van der Waals surface area contributed by atoms with Crippen LogP contribution in [0.25, 0.3) is 0 Å². The molecule has 0 aromatic heterocycles. The molecule has 12 nitrogen and oxygen atoms in total. The van der Waals surface area contributed by atoms with Gasteiger partial charge in [-0.15, -0.1) is 0 Å². The van der Waals surface area contributed by atoms with E-state index in [-0.39, 0.29) is 62.2 Å². The van der Waals surface area contributed by atoms with Crippen LogP contribution < -0.4 is 16.0 Å². The minimum absolute atomic E-state index is 0.0149. The van der Waals surface area contributed by atoms with Gasteiger partial charge in [-0.2, -0.15) is 0 Å². The summed E-state index contributed by atoms with van der Waals surface area (Å²) in [6, 6.07) is 15.7. The second-order valence-corrected chi connectivity index (χ2v) is 14.5. The number of ether oxygens (including phenoxy) is 2. The Balaban J connectivity index is 1.50. The van der Waals surface area contributed by atoms with Crippen molar-refractivity contribution >= 4 is 35.6 Å². The molecule has 4 unspecified atom stereocenters.